The number of nitrogens with one attached hydrogen (secondary N) is 2. The van der Waals surface area contributed by atoms with E-state index in [0.29, 0.717) is 5.02 Å². The lowest BCUT2D eigenvalue weighted by molar-refractivity contribution is 0.0649. The maximum Gasteiger partial charge on any atom is 0.315 e. The van der Waals surface area contributed by atoms with Crippen LogP contribution < -0.4 is 15.5 Å². The molecule has 5 nitrogen and oxygen atoms in total. The quantitative estimate of drug-likeness (QED) is 0.790. The highest BCUT2D eigenvalue weighted by Gasteiger charge is 2.26. The van der Waals surface area contributed by atoms with Gasteiger partial charge in [0, 0.05) is 36.4 Å². The Morgan fingerprint density at radius 2 is 2.22 bits per heavy atom. The van der Waals surface area contributed by atoms with Gasteiger partial charge in [0.15, 0.2) is 0 Å². The molecule has 2 rings (SSSR count). The summed E-state index contributed by atoms with van der Waals surface area (Å²) in [7, 11) is 0. The fourth-order valence-electron chi connectivity index (χ4n) is 2.52. The van der Waals surface area contributed by atoms with Crippen molar-refractivity contribution in [3.8, 4) is 0 Å². The molecule has 0 spiro atoms. The Hall–Kier alpha value is -1.46. The third kappa shape index (κ3) is 5.29. The fourth-order valence-corrected chi connectivity index (χ4v) is 2.70. The molecule has 23 heavy (non-hydrogen) atoms. The molecule has 1 fully saturated rings. The number of hydrogen-bond donors (Lipinski definition) is 3. The molecule has 1 aromatic carbocycles. The molecule has 1 aliphatic rings. The molecule has 0 radical (unpaired) electrons. The van der Waals surface area contributed by atoms with E-state index in [2.05, 4.69) is 15.5 Å². The van der Waals surface area contributed by atoms with Crippen molar-refractivity contribution < 1.29 is 9.90 Å². The minimum absolute atomic E-state index is 0.0979. The molecule has 6 heteroatoms. The van der Waals surface area contributed by atoms with Crippen LogP contribution in [0.15, 0.2) is 24.3 Å². The lowest BCUT2D eigenvalue weighted by atomic mass is 9.89. The average molecular weight is 340 g/mol. The van der Waals surface area contributed by atoms with E-state index in [1.54, 1.807) is 0 Å². The van der Waals surface area contributed by atoms with Crippen molar-refractivity contribution in [3.63, 3.8) is 0 Å². The van der Waals surface area contributed by atoms with E-state index in [4.69, 9.17) is 11.6 Å². The van der Waals surface area contributed by atoms with Gasteiger partial charge in [-0.2, -0.15) is 0 Å². The number of anilines is 1. The van der Waals surface area contributed by atoms with Crippen molar-refractivity contribution >= 4 is 23.3 Å². The van der Waals surface area contributed by atoms with Gasteiger partial charge in [-0.3, -0.25) is 0 Å². The maximum atomic E-state index is 12.0. The number of carbonyl (C=O) groups is 1. The summed E-state index contributed by atoms with van der Waals surface area (Å²) in [6, 6.07) is 7.61. The van der Waals surface area contributed by atoms with Crippen LogP contribution >= 0.6 is 11.6 Å². The van der Waals surface area contributed by atoms with Crippen LogP contribution in [-0.2, 0) is 0 Å². The minimum Gasteiger partial charge on any atom is -0.391 e. The molecule has 1 heterocycles. The molecule has 0 aromatic heterocycles. The zero-order valence-corrected chi connectivity index (χ0v) is 14.7. The number of aliphatic hydroxyl groups excluding tert-OH is 1. The predicted octanol–water partition coefficient (Wildman–Crippen LogP) is 2.62. The molecule has 1 saturated heterocycles. The van der Waals surface area contributed by atoms with Gasteiger partial charge in [0.05, 0.1) is 6.10 Å². The first-order chi connectivity index (χ1) is 10.8. The van der Waals surface area contributed by atoms with Crippen LogP contribution in [0.3, 0.4) is 0 Å². The number of amides is 2. The number of rotatable bonds is 4. The second-order valence-corrected chi connectivity index (χ2v) is 7.58. The number of carbonyl (C=O) groups excluding carboxylic acids is 1. The number of hydrogen-bond acceptors (Lipinski definition) is 3. The third-order valence-electron chi connectivity index (χ3n) is 4.15. The Balaban J connectivity index is 1.78. The van der Waals surface area contributed by atoms with Crippen LogP contribution in [0.4, 0.5) is 10.5 Å². The van der Waals surface area contributed by atoms with Gasteiger partial charge < -0.3 is 20.6 Å². The third-order valence-corrected chi connectivity index (χ3v) is 4.39. The van der Waals surface area contributed by atoms with Crippen LogP contribution in [-0.4, -0.2) is 42.9 Å². The van der Waals surface area contributed by atoms with Crippen LogP contribution in [0.2, 0.25) is 5.02 Å². The molecule has 3 N–H and O–H groups in total. The number of urea groups is 1. The lowest BCUT2D eigenvalue weighted by Crippen LogP contribution is -2.47. The first-order valence-electron chi connectivity index (χ1n) is 7.98. The normalized spacial score (nSPS) is 19.5. The number of nitrogens with zero attached hydrogens (tertiary/aromatic N) is 1. The molecule has 2 amide bonds. The van der Waals surface area contributed by atoms with E-state index >= 15 is 0 Å². The van der Waals surface area contributed by atoms with E-state index in [9.17, 15) is 9.90 Å². The molecular formula is C17H26ClN3O2. The summed E-state index contributed by atoms with van der Waals surface area (Å²) < 4.78 is 0. The Kier molecular flexibility index (Phi) is 5.76. The number of halogens is 1. The van der Waals surface area contributed by atoms with Gasteiger partial charge >= 0.3 is 6.03 Å². The van der Waals surface area contributed by atoms with Crippen molar-refractivity contribution in [2.75, 3.05) is 24.5 Å². The summed E-state index contributed by atoms with van der Waals surface area (Å²) in [5.41, 5.74) is 0.828. The smallest absolute Gasteiger partial charge is 0.315 e. The van der Waals surface area contributed by atoms with E-state index in [1.165, 1.54) is 0 Å². The van der Waals surface area contributed by atoms with Gasteiger partial charge in [0.25, 0.3) is 0 Å². The highest BCUT2D eigenvalue weighted by molar-refractivity contribution is 6.30. The summed E-state index contributed by atoms with van der Waals surface area (Å²) in [6.07, 6.45) is 0.321. The monoisotopic (exact) mass is 339 g/mol. The van der Waals surface area contributed by atoms with Crippen LogP contribution in [0.1, 0.15) is 27.2 Å². The summed E-state index contributed by atoms with van der Waals surface area (Å²) in [4.78, 5) is 14.2. The molecule has 2 unspecified atom stereocenters. The SMILES string of the molecule is CC(C)(C)C(O)CNC(=O)NC1CCN(c2cccc(Cl)c2)C1. The van der Waals surface area contributed by atoms with Crippen LogP contribution in [0.5, 0.6) is 0 Å². The standard InChI is InChI=1S/C17H26ClN3O2/c1-17(2,3)15(22)10-19-16(23)20-13-7-8-21(11-13)14-6-4-5-12(18)9-14/h4-6,9,13,15,22H,7-8,10-11H2,1-3H3,(H2,19,20,23). The van der Waals surface area contributed by atoms with Gasteiger partial charge in [0.2, 0.25) is 0 Å². The molecule has 1 aliphatic heterocycles. The number of aliphatic hydroxyl groups is 1. The second-order valence-electron chi connectivity index (χ2n) is 7.15. The Bertz CT molecular complexity index is 545. The second kappa shape index (κ2) is 7.41. The minimum atomic E-state index is -0.570. The van der Waals surface area contributed by atoms with E-state index in [0.717, 1.165) is 25.2 Å². The maximum absolute atomic E-state index is 12.0. The Labute approximate surface area is 143 Å². The Morgan fingerprint density at radius 3 is 2.87 bits per heavy atom. The van der Waals surface area contributed by atoms with Gasteiger partial charge in [-0.05, 0) is 30.0 Å². The zero-order chi connectivity index (χ0) is 17.0. The van der Waals surface area contributed by atoms with Crippen molar-refractivity contribution in [3.05, 3.63) is 29.3 Å². The lowest BCUT2D eigenvalue weighted by Gasteiger charge is -2.26. The molecule has 1 aromatic rings. The molecule has 128 valence electrons. The molecule has 0 bridgehead atoms. The predicted molar refractivity (Wildman–Crippen MR) is 94.1 cm³/mol. The van der Waals surface area contributed by atoms with Gasteiger partial charge in [-0.1, -0.05) is 38.4 Å². The summed E-state index contributed by atoms with van der Waals surface area (Å²) in [5.74, 6) is 0. The van der Waals surface area contributed by atoms with Crippen molar-refractivity contribution in [2.45, 2.75) is 39.3 Å². The van der Waals surface area contributed by atoms with Crippen LogP contribution in [0, 0.1) is 5.41 Å². The summed E-state index contributed by atoms with van der Waals surface area (Å²) in [6.45, 7) is 7.72. The van der Waals surface area contributed by atoms with Crippen molar-refractivity contribution in [1.29, 1.82) is 0 Å². The first kappa shape index (κ1) is 17.9. The molecular weight excluding hydrogens is 314 g/mol. The summed E-state index contributed by atoms with van der Waals surface area (Å²) in [5, 5.41) is 16.4. The van der Waals surface area contributed by atoms with E-state index in [-0.39, 0.29) is 24.0 Å². The first-order valence-corrected chi connectivity index (χ1v) is 8.36. The van der Waals surface area contributed by atoms with Crippen LogP contribution in [0.25, 0.3) is 0 Å². The molecule has 0 saturated carbocycles. The average Bonchev–Trinajstić information content (AvgIpc) is 2.92. The Morgan fingerprint density at radius 1 is 1.48 bits per heavy atom. The highest BCUT2D eigenvalue weighted by atomic mass is 35.5. The summed E-state index contributed by atoms with van der Waals surface area (Å²) >= 11 is 6.02. The topological polar surface area (TPSA) is 64.6 Å². The molecule has 2 atom stereocenters. The van der Waals surface area contributed by atoms with Crippen molar-refractivity contribution in [1.82, 2.24) is 10.6 Å². The fraction of sp³-hybridized carbons (Fsp3) is 0.588. The largest absolute Gasteiger partial charge is 0.391 e. The number of benzene rings is 1. The highest BCUT2D eigenvalue weighted by Crippen LogP contribution is 2.23. The molecule has 0 aliphatic carbocycles. The zero-order valence-electron chi connectivity index (χ0n) is 14.0. The van der Waals surface area contributed by atoms with Gasteiger partial charge in [0.1, 0.15) is 0 Å². The van der Waals surface area contributed by atoms with Crippen molar-refractivity contribution in [2.24, 2.45) is 5.41 Å². The van der Waals surface area contributed by atoms with E-state index < -0.39 is 6.10 Å². The van der Waals surface area contributed by atoms with Gasteiger partial charge in [-0.15, -0.1) is 0 Å². The van der Waals surface area contributed by atoms with E-state index in [1.807, 2.05) is 45.0 Å². The van der Waals surface area contributed by atoms with Gasteiger partial charge in [-0.25, -0.2) is 4.79 Å².